The van der Waals surface area contributed by atoms with Crippen molar-refractivity contribution in [2.75, 3.05) is 6.54 Å². The van der Waals surface area contributed by atoms with E-state index in [1.165, 1.54) is 0 Å². The molecule has 3 aromatic rings. The van der Waals surface area contributed by atoms with Crippen LogP contribution in [0.2, 0.25) is 0 Å². The van der Waals surface area contributed by atoms with Gasteiger partial charge in [-0.05, 0) is 12.8 Å². The zero-order valence-electron chi connectivity index (χ0n) is 20.3. The van der Waals surface area contributed by atoms with Crippen molar-refractivity contribution in [3.05, 3.63) is 89.3 Å². The average Bonchev–Trinajstić information content (AvgIpc) is 3.59. The van der Waals surface area contributed by atoms with Crippen LogP contribution in [0.5, 0.6) is 0 Å². The van der Waals surface area contributed by atoms with Crippen LogP contribution in [0.15, 0.2) is 76.4 Å². The van der Waals surface area contributed by atoms with Gasteiger partial charge in [0.1, 0.15) is 11.7 Å². The average molecular weight is 474 g/mol. The minimum absolute atomic E-state index is 0.00254. The number of β-amino-alcohol motifs (C(OH)–C–C–N with tert-alkyl or cyclic N) is 1. The first-order valence-corrected chi connectivity index (χ1v) is 12.2. The Morgan fingerprint density at radius 2 is 1.71 bits per heavy atom. The molecule has 2 aliphatic heterocycles. The molecule has 1 N–H and O–H groups in total. The summed E-state index contributed by atoms with van der Waals surface area (Å²) in [6.45, 7) is 6.08. The van der Waals surface area contributed by atoms with Crippen LogP contribution in [0.3, 0.4) is 0 Å². The molecule has 2 aromatic carbocycles. The number of hydrogen-bond donors (Lipinski definition) is 1. The number of benzene rings is 2. The summed E-state index contributed by atoms with van der Waals surface area (Å²) < 4.78 is 5.49. The van der Waals surface area contributed by atoms with Crippen LogP contribution in [0.4, 0.5) is 0 Å². The molecule has 35 heavy (non-hydrogen) atoms. The molecule has 5 rings (SSSR count). The summed E-state index contributed by atoms with van der Waals surface area (Å²) in [6.07, 6.45) is 0.295. The third-order valence-corrected chi connectivity index (χ3v) is 7.06. The number of carbonyl (C=O) groups is 1. The van der Waals surface area contributed by atoms with Crippen molar-refractivity contribution in [2.45, 2.75) is 57.3 Å². The summed E-state index contributed by atoms with van der Waals surface area (Å²) >= 11 is 0. The lowest BCUT2D eigenvalue weighted by atomic mass is 9.81. The van der Waals surface area contributed by atoms with E-state index < -0.39 is 17.6 Å². The highest BCUT2D eigenvalue weighted by atomic mass is 16.7. The van der Waals surface area contributed by atoms with E-state index in [9.17, 15) is 9.90 Å². The number of aliphatic hydroxyl groups is 1. The molecule has 3 heterocycles. The number of amides is 1. The Hall–Kier alpha value is -3.45. The largest absolute Gasteiger partial charge is 0.391 e. The maximum Gasteiger partial charge on any atom is 0.234 e. The maximum absolute atomic E-state index is 13.8. The molecular formula is C28H31N3O4. The van der Waals surface area contributed by atoms with E-state index in [2.05, 4.69) is 10.3 Å². The molecule has 0 aliphatic carbocycles. The maximum atomic E-state index is 13.8. The summed E-state index contributed by atoms with van der Waals surface area (Å²) in [6, 6.07) is 21.5. The monoisotopic (exact) mass is 473 g/mol. The molecule has 7 heteroatoms. The van der Waals surface area contributed by atoms with Gasteiger partial charge in [0.15, 0.2) is 5.60 Å². The minimum Gasteiger partial charge on any atom is -0.391 e. The van der Waals surface area contributed by atoms with Gasteiger partial charge < -0.3 is 19.4 Å². The molecule has 1 saturated heterocycles. The van der Waals surface area contributed by atoms with Gasteiger partial charge in [-0.15, -0.1) is 0 Å². The fraction of sp³-hybridized carbons (Fsp3) is 0.393. The number of oxime groups is 1. The van der Waals surface area contributed by atoms with Crippen molar-refractivity contribution in [1.29, 1.82) is 0 Å². The predicted octanol–water partition coefficient (Wildman–Crippen LogP) is 4.40. The second-order valence-electron chi connectivity index (χ2n) is 9.90. The second kappa shape index (κ2) is 9.30. The Morgan fingerprint density at radius 1 is 1.09 bits per heavy atom. The summed E-state index contributed by atoms with van der Waals surface area (Å²) in [5, 5.41) is 19.1. The van der Waals surface area contributed by atoms with Crippen LogP contribution in [0, 0.1) is 12.8 Å². The smallest absolute Gasteiger partial charge is 0.234 e. The predicted molar refractivity (Wildman–Crippen MR) is 132 cm³/mol. The fourth-order valence-electron chi connectivity index (χ4n) is 5.34. The minimum atomic E-state index is -0.778. The fourth-order valence-corrected chi connectivity index (χ4v) is 5.34. The topological polar surface area (TPSA) is 88.2 Å². The normalized spacial score (nSPS) is 22.2. The Morgan fingerprint density at radius 3 is 2.26 bits per heavy atom. The standard InChI is InChI=1S/C28H31N3O4/c1-18(2)26(25-14-19(3)29-34-25)27(33)31-17-22(32)15-24(31)23-16-28(35-30-23,20-10-6-4-7-11-20)21-12-8-5-9-13-21/h4-14,18,22,24,26,32H,15-17H2,1-3H3/t22-,24+,26-/m1/s1. The third-order valence-electron chi connectivity index (χ3n) is 7.06. The number of likely N-dealkylation sites (tertiary alicyclic amines) is 1. The van der Waals surface area contributed by atoms with Gasteiger partial charge in [-0.25, -0.2) is 0 Å². The second-order valence-corrected chi connectivity index (χ2v) is 9.90. The van der Waals surface area contributed by atoms with Crippen molar-refractivity contribution in [3.63, 3.8) is 0 Å². The van der Waals surface area contributed by atoms with E-state index in [-0.39, 0.29) is 24.4 Å². The van der Waals surface area contributed by atoms with Gasteiger partial charge in [0.25, 0.3) is 0 Å². The number of rotatable bonds is 6. The van der Waals surface area contributed by atoms with E-state index in [4.69, 9.17) is 9.36 Å². The van der Waals surface area contributed by atoms with Crippen LogP contribution in [-0.2, 0) is 15.2 Å². The number of carbonyl (C=O) groups excluding carboxylic acids is 1. The quantitative estimate of drug-likeness (QED) is 0.573. The zero-order chi connectivity index (χ0) is 24.6. The van der Waals surface area contributed by atoms with E-state index in [0.29, 0.717) is 18.6 Å². The van der Waals surface area contributed by atoms with Crippen molar-refractivity contribution in [1.82, 2.24) is 10.1 Å². The van der Waals surface area contributed by atoms with E-state index in [1.807, 2.05) is 87.5 Å². The van der Waals surface area contributed by atoms with Gasteiger partial charge in [-0.1, -0.05) is 84.8 Å². The Balaban J connectivity index is 1.46. The molecular weight excluding hydrogens is 442 g/mol. The summed E-state index contributed by atoms with van der Waals surface area (Å²) in [5.74, 6) is -0.0184. The van der Waals surface area contributed by atoms with E-state index in [0.717, 1.165) is 22.5 Å². The lowest BCUT2D eigenvalue weighted by Crippen LogP contribution is -2.44. The van der Waals surface area contributed by atoms with Crippen molar-refractivity contribution in [3.8, 4) is 0 Å². The van der Waals surface area contributed by atoms with E-state index >= 15 is 0 Å². The van der Waals surface area contributed by atoms with Gasteiger partial charge in [0.05, 0.1) is 23.6 Å². The molecule has 1 aromatic heterocycles. The van der Waals surface area contributed by atoms with Crippen molar-refractivity contribution in [2.24, 2.45) is 11.1 Å². The first-order chi connectivity index (χ1) is 16.9. The lowest BCUT2D eigenvalue weighted by Gasteiger charge is -2.30. The Labute approximate surface area is 205 Å². The molecule has 2 aliphatic rings. The number of aryl methyl sites for hydroxylation is 1. The molecule has 0 unspecified atom stereocenters. The van der Waals surface area contributed by atoms with Crippen molar-refractivity contribution < 1.29 is 19.3 Å². The summed E-state index contributed by atoms with van der Waals surface area (Å²) in [5.41, 5.74) is 2.72. The highest BCUT2D eigenvalue weighted by Gasteiger charge is 2.49. The van der Waals surface area contributed by atoms with Crippen LogP contribution in [0.1, 0.15) is 55.2 Å². The van der Waals surface area contributed by atoms with Gasteiger partial charge in [-0.2, -0.15) is 0 Å². The first-order valence-electron chi connectivity index (χ1n) is 12.2. The van der Waals surface area contributed by atoms with Crippen LogP contribution in [-0.4, -0.2) is 45.5 Å². The summed E-state index contributed by atoms with van der Waals surface area (Å²) in [4.78, 5) is 21.8. The molecule has 1 amide bonds. The summed E-state index contributed by atoms with van der Waals surface area (Å²) in [7, 11) is 0. The molecule has 182 valence electrons. The molecule has 7 nitrogen and oxygen atoms in total. The number of aromatic nitrogens is 1. The SMILES string of the molecule is Cc1cc([C@H](C(=O)N2C[C@H](O)C[C@H]2C2=NOC(c3ccccc3)(c3ccccc3)C2)C(C)C)on1. The molecule has 0 saturated carbocycles. The molecule has 0 radical (unpaired) electrons. The number of nitrogens with zero attached hydrogens (tertiary/aromatic N) is 3. The first kappa shape index (κ1) is 23.3. The van der Waals surface area contributed by atoms with Gasteiger partial charge >= 0.3 is 0 Å². The highest BCUT2D eigenvalue weighted by molar-refractivity contribution is 5.96. The Bertz CT molecular complexity index is 1170. The van der Waals surface area contributed by atoms with E-state index in [1.54, 1.807) is 4.90 Å². The number of aliphatic hydroxyl groups excluding tert-OH is 1. The highest BCUT2D eigenvalue weighted by Crippen LogP contribution is 2.43. The lowest BCUT2D eigenvalue weighted by molar-refractivity contribution is -0.134. The van der Waals surface area contributed by atoms with Crippen LogP contribution < -0.4 is 0 Å². The molecule has 1 fully saturated rings. The van der Waals surface area contributed by atoms with Gasteiger partial charge in [0, 0.05) is 36.6 Å². The van der Waals surface area contributed by atoms with Crippen LogP contribution >= 0.6 is 0 Å². The molecule has 0 bridgehead atoms. The third kappa shape index (κ3) is 4.25. The zero-order valence-corrected chi connectivity index (χ0v) is 20.3. The number of hydrogen-bond acceptors (Lipinski definition) is 6. The molecule has 0 spiro atoms. The van der Waals surface area contributed by atoms with Gasteiger partial charge in [0.2, 0.25) is 5.91 Å². The van der Waals surface area contributed by atoms with Gasteiger partial charge in [-0.3, -0.25) is 4.79 Å². The Kier molecular flexibility index (Phi) is 6.19. The molecule has 3 atom stereocenters. The van der Waals surface area contributed by atoms with Crippen LogP contribution in [0.25, 0.3) is 0 Å². The van der Waals surface area contributed by atoms with Crippen molar-refractivity contribution >= 4 is 11.6 Å².